The first-order valence-corrected chi connectivity index (χ1v) is 8.13. The first kappa shape index (κ1) is 23.0. The Labute approximate surface area is 164 Å². The Morgan fingerprint density at radius 1 is 1.25 bits per heavy atom. The Bertz CT molecular complexity index is 530. The summed E-state index contributed by atoms with van der Waals surface area (Å²) in [6, 6.07) is 6.47. The molecule has 0 saturated heterocycles. The number of anilines is 1. The van der Waals surface area contributed by atoms with Crippen molar-refractivity contribution >= 4 is 35.6 Å². The number of halogens is 1. The quantitative estimate of drug-likeness (QED) is 0.382. The third-order valence-electron chi connectivity index (χ3n) is 3.83. The molecule has 0 aliphatic heterocycles. The number of hydrogen-bond acceptors (Lipinski definition) is 3. The molecule has 0 spiro atoms. The van der Waals surface area contributed by atoms with Crippen molar-refractivity contribution in [2.24, 2.45) is 4.99 Å². The summed E-state index contributed by atoms with van der Waals surface area (Å²) in [5.74, 6) is 0.814. The molecule has 0 fully saturated rings. The number of aryl methyl sites for hydroxylation is 1. The van der Waals surface area contributed by atoms with Crippen LogP contribution >= 0.6 is 24.0 Å². The van der Waals surface area contributed by atoms with Gasteiger partial charge in [0.05, 0.1) is 12.1 Å². The maximum absolute atomic E-state index is 5.43. The topological polar surface area (TPSA) is 48.9 Å². The molecule has 0 unspecified atom stereocenters. The molecule has 0 heterocycles. The van der Waals surface area contributed by atoms with Crippen molar-refractivity contribution in [1.29, 1.82) is 0 Å². The Morgan fingerprint density at radius 3 is 2.42 bits per heavy atom. The summed E-state index contributed by atoms with van der Waals surface area (Å²) in [7, 11) is 5.83. The lowest BCUT2D eigenvalue weighted by Crippen LogP contribution is -2.45. The van der Waals surface area contributed by atoms with Crippen molar-refractivity contribution in [3.8, 4) is 0 Å². The lowest BCUT2D eigenvalue weighted by molar-refractivity contribution is 0.0268. The van der Waals surface area contributed by atoms with Crippen LogP contribution in [0, 0.1) is 6.92 Å². The molecule has 138 valence electrons. The highest BCUT2D eigenvalue weighted by molar-refractivity contribution is 14.0. The number of rotatable bonds is 7. The maximum atomic E-state index is 5.43. The lowest BCUT2D eigenvalue weighted by atomic mass is 10.1. The van der Waals surface area contributed by atoms with Crippen molar-refractivity contribution < 1.29 is 4.74 Å². The zero-order chi connectivity index (χ0) is 17.5. The van der Waals surface area contributed by atoms with Gasteiger partial charge in [0.15, 0.2) is 5.96 Å². The highest BCUT2D eigenvalue weighted by Crippen LogP contribution is 2.18. The summed E-state index contributed by atoms with van der Waals surface area (Å²) in [6.45, 7) is 10.5. The lowest BCUT2D eigenvalue weighted by Gasteiger charge is -2.24. The van der Waals surface area contributed by atoms with E-state index in [1.165, 1.54) is 16.8 Å². The van der Waals surface area contributed by atoms with Crippen molar-refractivity contribution in [1.82, 2.24) is 10.6 Å². The molecule has 0 radical (unpaired) electrons. The highest BCUT2D eigenvalue weighted by atomic mass is 127. The van der Waals surface area contributed by atoms with Crippen LogP contribution in [0.2, 0.25) is 0 Å². The van der Waals surface area contributed by atoms with E-state index in [9.17, 15) is 0 Å². The van der Waals surface area contributed by atoms with Gasteiger partial charge in [-0.15, -0.1) is 24.0 Å². The van der Waals surface area contributed by atoms with E-state index in [-0.39, 0.29) is 29.6 Å². The Balaban J connectivity index is 0.00000529. The number of ether oxygens (including phenoxy) is 1. The number of nitrogens with one attached hydrogen (secondary N) is 2. The smallest absolute Gasteiger partial charge is 0.191 e. The monoisotopic (exact) mass is 448 g/mol. The molecule has 6 heteroatoms. The van der Waals surface area contributed by atoms with E-state index in [2.05, 4.69) is 66.7 Å². The van der Waals surface area contributed by atoms with Gasteiger partial charge in [0, 0.05) is 40.0 Å². The van der Waals surface area contributed by atoms with Crippen molar-refractivity contribution in [3.05, 3.63) is 29.3 Å². The molecule has 0 bridgehead atoms. The van der Waals surface area contributed by atoms with Gasteiger partial charge < -0.3 is 20.3 Å². The molecule has 0 amide bonds. The largest absolute Gasteiger partial charge is 0.378 e. The van der Waals surface area contributed by atoms with E-state index >= 15 is 0 Å². The maximum Gasteiger partial charge on any atom is 0.191 e. The molecule has 0 aromatic heterocycles. The molecule has 0 atom stereocenters. The number of methoxy groups -OCH3 is 1. The number of benzene rings is 1. The van der Waals surface area contributed by atoms with E-state index in [0.717, 1.165) is 12.5 Å². The molecular weight excluding hydrogens is 415 g/mol. The molecule has 24 heavy (non-hydrogen) atoms. The summed E-state index contributed by atoms with van der Waals surface area (Å²) in [4.78, 5) is 6.79. The Hall–Kier alpha value is -1.02. The number of nitrogens with zero attached hydrogens (tertiary/aromatic N) is 2. The van der Waals surface area contributed by atoms with Crippen LogP contribution in [0.3, 0.4) is 0 Å². The fourth-order valence-corrected chi connectivity index (χ4v) is 2.01. The number of hydrogen-bond donors (Lipinski definition) is 2. The van der Waals surface area contributed by atoms with Gasteiger partial charge in [-0.05, 0) is 51.0 Å². The molecule has 0 saturated carbocycles. The second kappa shape index (κ2) is 10.8. The standard InChI is InChI=1S/C18H32N4O.HI/c1-8-19-17(21-13-18(3,4)23-7)20-12-15-9-10-16(22(5)6)11-14(15)2;/h9-11H,8,12-13H2,1-7H3,(H2,19,20,21);1H. The SMILES string of the molecule is CCNC(=NCc1ccc(N(C)C)cc1C)NCC(C)(C)OC.I. The molecule has 0 aliphatic carbocycles. The summed E-state index contributed by atoms with van der Waals surface area (Å²) in [5, 5.41) is 6.61. The summed E-state index contributed by atoms with van der Waals surface area (Å²) < 4.78 is 5.43. The minimum atomic E-state index is -0.223. The minimum Gasteiger partial charge on any atom is -0.378 e. The van der Waals surface area contributed by atoms with Gasteiger partial charge >= 0.3 is 0 Å². The van der Waals surface area contributed by atoms with Crippen LogP contribution in [0.15, 0.2) is 23.2 Å². The summed E-state index contributed by atoms with van der Waals surface area (Å²) >= 11 is 0. The van der Waals surface area contributed by atoms with Gasteiger partial charge in [0.2, 0.25) is 0 Å². The van der Waals surface area contributed by atoms with Crippen LogP contribution in [0.5, 0.6) is 0 Å². The van der Waals surface area contributed by atoms with Gasteiger partial charge in [-0.1, -0.05) is 6.07 Å². The van der Waals surface area contributed by atoms with E-state index in [4.69, 9.17) is 4.74 Å². The van der Waals surface area contributed by atoms with Crippen molar-refractivity contribution in [2.45, 2.75) is 39.8 Å². The normalized spacial score (nSPS) is 11.7. The fraction of sp³-hybridized carbons (Fsp3) is 0.611. The second-order valence-electron chi connectivity index (χ2n) is 6.52. The third kappa shape index (κ3) is 7.70. The van der Waals surface area contributed by atoms with Gasteiger partial charge in [-0.2, -0.15) is 0 Å². The zero-order valence-corrected chi connectivity index (χ0v) is 18.4. The zero-order valence-electron chi connectivity index (χ0n) is 16.1. The predicted molar refractivity (Wildman–Crippen MR) is 115 cm³/mol. The number of guanidine groups is 1. The van der Waals surface area contributed by atoms with Crippen LogP contribution < -0.4 is 15.5 Å². The van der Waals surface area contributed by atoms with Gasteiger partial charge in [0.1, 0.15) is 0 Å². The van der Waals surface area contributed by atoms with Crippen molar-refractivity contribution in [2.75, 3.05) is 39.2 Å². The Morgan fingerprint density at radius 2 is 1.92 bits per heavy atom. The van der Waals surface area contributed by atoms with Gasteiger partial charge in [-0.3, -0.25) is 0 Å². The van der Waals surface area contributed by atoms with Crippen molar-refractivity contribution in [3.63, 3.8) is 0 Å². The molecule has 1 aromatic carbocycles. The third-order valence-corrected chi connectivity index (χ3v) is 3.83. The summed E-state index contributed by atoms with van der Waals surface area (Å²) in [6.07, 6.45) is 0. The number of aliphatic imine (C=N–C) groups is 1. The average molecular weight is 448 g/mol. The van der Waals surface area contributed by atoms with E-state index in [0.29, 0.717) is 13.1 Å². The van der Waals surface area contributed by atoms with Crippen LogP contribution in [-0.4, -0.2) is 45.9 Å². The predicted octanol–water partition coefficient (Wildman–Crippen LogP) is 3.16. The van der Waals surface area contributed by atoms with Gasteiger partial charge in [0.25, 0.3) is 0 Å². The second-order valence-corrected chi connectivity index (χ2v) is 6.52. The average Bonchev–Trinajstić information content (AvgIpc) is 2.51. The molecule has 2 N–H and O–H groups in total. The Kier molecular flexibility index (Phi) is 10.3. The van der Waals surface area contributed by atoms with E-state index in [1.54, 1.807) is 7.11 Å². The first-order chi connectivity index (χ1) is 10.8. The van der Waals surface area contributed by atoms with E-state index in [1.807, 2.05) is 13.8 Å². The van der Waals surface area contributed by atoms with Crippen LogP contribution in [-0.2, 0) is 11.3 Å². The van der Waals surface area contributed by atoms with E-state index < -0.39 is 0 Å². The fourth-order valence-electron chi connectivity index (χ4n) is 2.01. The minimum absolute atomic E-state index is 0. The van der Waals surface area contributed by atoms with Gasteiger partial charge in [-0.25, -0.2) is 4.99 Å². The molecule has 1 rings (SSSR count). The molecular formula is C18H33IN4O. The van der Waals surface area contributed by atoms with Crippen LogP contribution in [0.4, 0.5) is 5.69 Å². The van der Waals surface area contributed by atoms with Crippen LogP contribution in [0.1, 0.15) is 31.9 Å². The molecule has 0 aliphatic rings. The molecule has 5 nitrogen and oxygen atoms in total. The molecule has 1 aromatic rings. The summed E-state index contributed by atoms with van der Waals surface area (Å²) in [5.41, 5.74) is 3.48. The first-order valence-electron chi connectivity index (χ1n) is 8.13. The highest BCUT2D eigenvalue weighted by Gasteiger charge is 2.16. The van der Waals surface area contributed by atoms with Crippen LogP contribution in [0.25, 0.3) is 0 Å².